The van der Waals surface area contributed by atoms with Crippen molar-refractivity contribution in [3.05, 3.63) is 33.8 Å². The van der Waals surface area contributed by atoms with Crippen LogP contribution in [0, 0.1) is 0 Å². The normalized spacial score (nSPS) is 18.3. The second-order valence-corrected chi connectivity index (χ2v) is 4.87. The number of hydrogen-bond acceptors (Lipinski definition) is 2. The van der Waals surface area contributed by atoms with Crippen molar-refractivity contribution in [3.63, 3.8) is 0 Å². The number of likely N-dealkylation sites (N-methyl/N-ethyl adjacent to an activating group) is 1. The SMILES string of the molecule is CON(C)C(=O)C1CCc2ccc(Br)cc21. The van der Waals surface area contributed by atoms with Gasteiger partial charge in [-0.1, -0.05) is 22.0 Å². The van der Waals surface area contributed by atoms with Crippen molar-refractivity contribution in [2.45, 2.75) is 18.8 Å². The molecule has 0 radical (unpaired) electrons. The van der Waals surface area contributed by atoms with Crippen LogP contribution in [-0.4, -0.2) is 25.1 Å². The van der Waals surface area contributed by atoms with Crippen LogP contribution in [0.3, 0.4) is 0 Å². The highest BCUT2D eigenvalue weighted by Gasteiger charge is 2.30. The number of nitrogens with zero attached hydrogens (tertiary/aromatic N) is 1. The Bertz CT molecular complexity index is 419. The standard InChI is InChI=1S/C12H14BrNO2/c1-14(16-2)12(15)10-6-4-8-3-5-9(13)7-11(8)10/h3,5,7,10H,4,6H2,1-2H3. The lowest BCUT2D eigenvalue weighted by atomic mass is 10.0. The Morgan fingerprint density at radius 3 is 3.00 bits per heavy atom. The third-order valence-corrected chi connectivity index (χ3v) is 3.56. The fourth-order valence-corrected chi connectivity index (χ4v) is 2.52. The molecule has 0 bridgehead atoms. The van der Waals surface area contributed by atoms with Gasteiger partial charge in [-0.2, -0.15) is 0 Å². The summed E-state index contributed by atoms with van der Waals surface area (Å²) in [7, 11) is 3.16. The van der Waals surface area contributed by atoms with Crippen molar-refractivity contribution < 1.29 is 9.63 Å². The molecule has 0 spiro atoms. The zero-order valence-corrected chi connectivity index (χ0v) is 11.0. The number of halogens is 1. The molecule has 16 heavy (non-hydrogen) atoms. The minimum atomic E-state index is -0.0579. The Morgan fingerprint density at radius 1 is 1.56 bits per heavy atom. The molecular formula is C12H14BrNO2. The van der Waals surface area contributed by atoms with E-state index < -0.39 is 0 Å². The summed E-state index contributed by atoms with van der Waals surface area (Å²) >= 11 is 3.44. The highest BCUT2D eigenvalue weighted by atomic mass is 79.9. The second kappa shape index (κ2) is 4.55. The van der Waals surface area contributed by atoms with E-state index in [0.29, 0.717) is 0 Å². The molecule has 0 N–H and O–H groups in total. The van der Waals surface area contributed by atoms with Crippen LogP contribution in [0.5, 0.6) is 0 Å². The van der Waals surface area contributed by atoms with Crippen LogP contribution in [0.15, 0.2) is 22.7 Å². The maximum Gasteiger partial charge on any atom is 0.253 e. The van der Waals surface area contributed by atoms with Gasteiger partial charge in [-0.25, -0.2) is 5.06 Å². The van der Waals surface area contributed by atoms with E-state index in [1.54, 1.807) is 7.05 Å². The van der Waals surface area contributed by atoms with E-state index in [1.807, 2.05) is 12.1 Å². The minimum Gasteiger partial charge on any atom is -0.275 e. The van der Waals surface area contributed by atoms with Gasteiger partial charge in [-0.05, 0) is 36.1 Å². The van der Waals surface area contributed by atoms with E-state index in [1.165, 1.54) is 17.7 Å². The Balaban J connectivity index is 2.29. The molecule has 0 saturated heterocycles. The summed E-state index contributed by atoms with van der Waals surface area (Å²) in [5.74, 6) is -0.0307. The third kappa shape index (κ3) is 1.99. The van der Waals surface area contributed by atoms with Crippen LogP contribution >= 0.6 is 15.9 Å². The number of amides is 1. The summed E-state index contributed by atoms with van der Waals surface area (Å²) in [5, 5.41) is 1.31. The van der Waals surface area contributed by atoms with E-state index >= 15 is 0 Å². The van der Waals surface area contributed by atoms with E-state index in [-0.39, 0.29) is 11.8 Å². The van der Waals surface area contributed by atoms with E-state index in [0.717, 1.165) is 22.9 Å². The molecule has 1 aromatic carbocycles. The van der Waals surface area contributed by atoms with E-state index in [4.69, 9.17) is 4.84 Å². The number of carbonyl (C=O) groups excluding carboxylic acids is 1. The van der Waals surface area contributed by atoms with Crippen molar-refractivity contribution >= 4 is 21.8 Å². The summed E-state index contributed by atoms with van der Waals surface area (Å²) < 4.78 is 1.02. The number of carbonyl (C=O) groups is 1. The Morgan fingerprint density at radius 2 is 2.31 bits per heavy atom. The summed E-state index contributed by atoms with van der Waals surface area (Å²) in [6.07, 6.45) is 1.84. The van der Waals surface area contributed by atoms with Gasteiger partial charge in [0.2, 0.25) is 0 Å². The Kier molecular flexibility index (Phi) is 3.30. The number of hydroxylamine groups is 2. The molecular weight excluding hydrogens is 270 g/mol. The van der Waals surface area contributed by atoms with Crippen molar-refractivity contribution in [1.82, 2.24) is 5.06 Å². The number of fused-ring (bicyclic) bond motifs is 1. The average molecular weight is 284 g/mol. The molecule has 0 aromatic heterocycles. The molecule has 0 saturated carbocycles. The Hall–Kier alpha value is -0.870. The highest BCUT2D eigenvalue weighted by Crippen LogP contribution is 2.35. The maximum absolute atomic E-state index is 12.0. The molecule has 4 heteroatoms. The van der Waals surface area contributed by atoms with Crippen LogP contribution < -0.4 is 0 Å². The van der Waals surface area contributed by atoms with Gasteiger partial charge in [0.05, 0.1) is 13.0 Å². The van der Waals surface area contributed by atoms with Gasteiger partial charge in [-0.3, -0.25) is 9.63 Å². The summed E-state index contributed by atoms with van der Waals surface area (Å²) in [4.78, 5) is 17.0. The van der Waals surface area contributed by atoms with Gasteiger partial charge >= 0.3 is 0 Å². The molecule has 1 unspecified atom stereocenters. The molecule has 2 rings (SSSR count). The molecule has 0 fully saturated rings. The molecule has 1 aliphatic rings. The van der Waals surface area contributed by atoms with Gasteiger partial charge in [0.25, 0.3) is 5.91 Å². The van der Waals surface area contributed by atoms with Gasteiger partial charge in [0, 0.05) is 11.5 Å². The zero-order valence-electron chi connectivity index (χ0n) is 9.37. The molecule has 1 aromatic rings. The van der Waals surface area contributed by atoms with Crippen LogP contribution in [0.4, 0.5) is 0 Å². The molecule has 0 heterocycles. The first-order valence-corrected chi connectivity index (χ1v) is 6.02. The number of aryl methyl sites for hydroxylation is 1. The predicted octanol–water partition coefficient (Wildman–Crippen LogP) is 2.50. The second-order valence-electron chi connectivity index (χ2n) is 3.95. The van der Waals surface area contributed by atoms with Crippen LogP contribution in [0.2, 0.25) is 0 Å². The largest absolute Gasteiger partial charge is 0.275 e. The monoisotopic (exact) mass is 283 g/mol. The van der Waals surface area contributed by atoms with E-state index in [9.17, 15) is 4.79 Å². The Labute approximate surface area is 103 Å². The molecule has 1 amide bonds. The smallest absolute Gasteiger partial charge is 0.253 e. The minimum absolute atomic E-state index is 0.0272. The van der Waals surface area contributed by atoms with Crippen LogP contribution in [-0.2, 0) is 16.1 Å². The van der Waals surface area contributed by atoms with Gasteiger partial charge in [0.1, 0.15) is 0 Å². The number of rotatable bonds is 2. The molecule has 3 nitrogen and oxygen atoms in total. The summed E-state index contributed by atoms with van der Waals surface area (Å²) in [6, 6.07) is 6.14. The molecule has 0 aliphatic heterocycles. The quantitative estimate of drug-likeness (QED) is 0.781. The fraction of sp³-hybridized carbons (Fsp3) is 0.417. The lowest BCUT2D eigenvalue weighted by Crippen LogP contribution is -2.29. The molecule has 1 aliphatic carbocycles. The average Bonchev–Trinajstić information content (AvgIpc) is 2.69. The van der Waals surface area contributed by atoms with Crippen LogP contribution in [0.1, 0.15) is 23.5 Å². The highest BCUT2D eigenvalue weighted by molar-refractivity contribution is 9.10. The lowest BCUT2D eigenvalue weighted by Gasteiger charge is -2.18. The van der Waals surface area contributed by atoms with Crippen molar-refractivity contribution in [2.75, 3.05) is 14.2 Å². The van der Waals surface area contributed by atoms with Crippen LogP contribution in [0.25, 0.3) is 0 Å². The topological polar surface area (TPSA) is 29.5 Å². The third-order valence-electron chi connectivity index (χ3n) is 3.07. The van der Waals surface area contributed by atoms with Crippen molar-refractivity contribution in [3.8, 4) is 0 Å². The van der Waals surface area contributed by atoms with Crippen molar-refractivity contribution in [1.29, 1.82) is 0 Å². The first-order chi connectivity index (χ1) is 7.63. The summed E-state index contributed by atoms with van der Waals surface area (Å²) in [5.41, 5.74) is 2.40. The summed E-state index contributed by atoms with van der Waals surface area (Å²) in [6.45, 7) is 0. The lowest BCUT2D eigenvalue weighted by molar-refractivity contribution is -0.170. The van der Waals surface area contributed by atoms with E-state index in [2.05, 4.69) is 22.0 Å². The first kappa shape index (κ1) is 11.6. The number of benzene rings is 1. The van der Waals surface area contributed by atoms with Gasteiger partial charge < -0.3 is 0 Å². The van der Waals surface area contributed by atoms with Gasteiger partial charge in [-0.15, -0.1) is 0 Å². The number of hydrogen-bond donors (Lipinski definition) is 0. The first-order valence-electron chi connectivity index (χ1n) is 5.23. The fourth-order valence-electron chi connectivity index (χ4n) is 2.14. The van der Waals surface area contributed by atoms with Gasteiger partial charge in [0.15, 0.2) is 0 Å². The molecule has 1 atom stereocenters. The predicted molar refractivity (Wildman–Crippen MR) is 65.0 cm³/mol. The molecule has 86 valence electrons. The zero-order chi connectivity index (χ0) is 11.7. The maximum atomic E-state index is 12.0. The van der Waals surface area contributed by atoms with Crippen molar-refractivity contribution in [2.24, 2.45) is 0 Å².